The lowest BCUT2D eigenvalue weighted by atomic mass is 9.99. The quantitative estimate of drug-likeness (QED) is 0.814. The molecule has 1 aliphatic rings. The average Bonchev–Trinajstić information content (AvgIpc) is 2.46. The van der Waals surface area contributed by atoms with Crippen molar-refractivity contribution in [1.82, 2.24) is 0 Å². The Labute approximate surface area is 129 Å². The predicted molar refractivity (Wildman–Crippen MR) is 87.0 cm³/mol. The maximum Gasteiger partial charge on any atom is 0.259 e. The molecule has 0 bridgehead atoms. The first kappa shape index (κ1) is 14.0. The average molecular weight is 301 g/mol. The summed E-state index contributed by atoms with van der Waals surface area (Å²) in [6, 6.07) is 11.2. The van der Waals surface area contributed by atoms with Crippen molar-refractivity contribution in [2.45, 2.75) is 19.8 Å². The summed E-state index contributed by atoms with van der Waals surface area (Å²) in [6.07, 6.45) is 1.82. The number of amides is 1. The molecule has 0 unspecified atom stereocenters. The van der Waals surface area contributed by atoms with Crippen molar-refractivity contribution in [2.75, 3.05) is 17.2 Å². The van der Waals surface area contributed by atoms with E-state index in [0.29, 0.717) is 17.1 Å². The molecule has 0 fully saturated rings. The van der Waals surface area contributed by atoms with E-state index in [2.05, 4.69) is 0 Å². The van der Waals surface area contributed by atoms with Crippen molar-refractivity contribution in [3.8, 4) is 0 Å². The molecule has 1 heterocycles. The lowest BCUT2D eigenvalue weighted by molar-refractivity contribution is 0.0985. The number of carbonyl (C=O) groups excluding carboxylic acids is 1. The molecule has 2 aromatic carbocycles. The lowest BCUT2D eigenvalue weighted by Gasteiger charge is -2.30. The molecule has 2 aromatic rings. The van der Waals surface area contributed by atoms with Crippen molar-refractivity contribution in [3.63, 3.8) is 0 Å². The number of rotatable bonds is 1. The number of hydrogen-bond acceptors (Lipinski definition) is 2. The van der Waals surface area contributed by atoms with E-state index in [1.54, 1.807) is 11.0 Å². The third-order valence-corrected chi connectivity index (χ3v) is 4.20. The van der Waals surface area contributed by atoms with Crippen molar-refractivity contribution in [1.29, 1.82) is 0 Å². The highest BCUT2D eigenvalue weighted by Gasteiger charge is 2.25. The molecule has 3 rings (SSSR count). The van der Waals surface area contributed by atoms with Crippen LogP contribution in [0.4, 0.5) is 11.4 Å². The molecule has 1 amide bonds. The van der Waals surface area contributed by atoms with Crippen LogP contribution in [0.2, 0.25) is 5.02 Å². The minimum atomic E-state index is -0.0634. The molecular weight excluding hydrogens is 284 g/mol. The number of benzene rings is 2. The van der Waals surface area contributed by atoms with E-state index in [0.717, 1.165) is 35.3 Å². The van der Waals surface area contributed by atoms with E-state index in [9.17, 15) is 4.79 Å². The highest BCUT2D eigenvalue weighted by atomic mass is 35.5. The highest BCUT2D eigenvalue weighted by molar-refractivity contribution is 6.34. The Morgan fingerprint density at radius 3 is 2.86 bits per heavy atom. The summed E-state index contributed by atoms with van der Waals surface area (Å²) in [4.78, 5) is 14.6. The molecule has 2 N–H and O–H groups in total. The first-order valence-corrected chi connectivity index (χ1v) is 7.41. The van der Waals surface area contributed by atoms with Crippen LogP contribution < -0.4 is 10.6 Å². The number of nitrogen functional groups attached to an aromatic ring is 1. The molecule has 0 spiro atoms. The second kappa shape index (κ2) is 5.41. The molecule has 108 valence electrons. The van der Waals surface area contributed by atoms with Crippen LogP contribution in [0.15, 0.2) is 36.4 Å². The van der Waals surface area contributed by atoms with Gasteiger partial charge in [0.05, 0.1) is 10.6 Å². The van der Waals surface area contributed by atoms with Gasteiger partial charge < -0.3 is 10.6 Å². The Morgan fingerprint density at radius 2 is 2.10 bits per heavy atom. The summed E-state index contributed by atoms with van der Waals surface area (Å²) in [7, 11) is 0. The molecule has 0 atom stereocenters. The molecule has 0 radical (unpaired) electrons. The summed E-state index contributed by atoms with van der Waals surface area (Å²) in [5.74, 6) is -0.0634. The second-order valence-corrected chi connectivity index (χ2v) is 5.80. The number of anilines is 2. The van der Waals surface area contributed by atoms with Gasteiger partial charge in [0.1, 0.15) is 0 Å². The van der Waals surface area contributed by atoms with Crippen LogP contribution in [0.25, 0.3) is 0 Å². The van der Waals surface area contributed by atoms with E-state index in [1.165, 1.54) is 0 Å². The highest BCUT2D eigenvalue weighted by Crippen LogP contribution is 2.33. The Kier molecular flexibility index (Phi) is 3.60. The molecule has 0 saturated carbocycles. The Morgan fingerprint density at radius 1 is 1.29 bits per heavy atom. The molecular formula is C17H17ClN2O. The van der Waals surface area contributed by atoms with Crippen LogP contribution in [-0.4, -0.2) is 12.5 Å². The summed E-state index contributed by atoms with van der Waals surface area (Å²) in [6.45, 7) is 2.65. The lowest BCUT2D eigenvalue weighted by Crippen LogP contribution is -2.35. The van der Waals surface area contributed by atoms with Gasteiger partial charge in [0.2, 0.25) is 0 Å². The summed E-state index contributed by atoms with van der Waals surface area (Å²) < 4.78 is 0. The summed E-state index contributed by atoms with van der Waals surface area (Å²) in [5.41, 5.74) is 10.3. The van der Waals surface area contributed by atoms with Crippen LogP contribution in [0.1, 0.15) is 27.9 Å². The topological polar surface area (TPSA) is 46.3 Å². The van der Waals surface area contributed by atoms with Gasteiger partial charge in [-0.05, 0) is 55.2 Å². The number of hydrogen-bond donors (Lipinski definition) is 1. The molecule has 1 aliphatic heterocycles. The Bertz CT molecular complexity index is 712. The van der Waals surface area contributed by atoms with E-state index < -0.39 is 0 Å². The van der Waals surface area contributed by atoms with E-state index in [4.69, 9.17) is 17.3 Å². The van der Waals surface area contributed by atoms with Crippen LogP contribution in [0, 0.1) is 6.92 Å². The van der Waals surface area contributed by atoms with Gasteiger partial charge in [-0.15, -0.1) is 0 Å². The van der Waals surface area contributed by atoms with E-state index in [1.807, 2.05) is 37.3 Å². The number of fused-ring (bicyclic) bond motifs is 1. The zero-order valence-electron chi connectivity index (χ0n) is 11.9. The standard InChI is InChI=1S/C17H17ClN2O/c1-11-7-8-12(14(18)10-11)17(21)20-9-3-4-13-15(19)5-2-6-16(13)20/h2,5-8,10H,3-4,9,19H2,1H3. The van der Waals surface area contributed by atoms with Gasteiger partial charge in [0, 0.05) is 17.9 Å². The van der Waals surface area contributed by atoms with Crippen LogP contribution in [0.3, 0.4) is 0 Å². The third-order valence-electron chi connectivity index (χ3n) is 3.89. The smallest absolute Gasteiger partial charge is 0.259 e. The van der Waals surface area contributed by atoms with Gasteiger partial charge >= 0.3 is 0 Å². The number of nitrogens with two attached hydrogens (primary N) is 1. The van der Waals surface area contributed by atoms with E-state index in [-0.39, 0.29) is 5.91 Å². The zero-order chi connectivity index (χ0) is 15.0. The molecule has 4 heteroatoms. The Balaban J connectivity index is 2.02. The minimum Gasteiger partial charge on any atom is -0.398 e. The predicted octanol–water partition coefficient (Wildman–Crippen LogP) is 3.82. The molecule has 0 aliphatic carbocycles. The maximum absolute atomic E-state index is 12.8. The van der Waals surface area contributed by atoms with Gasteiger partial charge in [-0.2, -0.15) is 0 Å². The molecule has 3 nitrogen and oxygen atoms in total. The molecule has 0 aromatic heterocycles. The monoisotopic (exact) mass is 300 g/mol. The number of carbonyl (C=O) groups is 1. The van der Waals surface area contributed by atoms with Crippen LogP contribution in [-0.2, 0) is 6.42 Å². The van der Waals surface area contributed by atoms with Gasteiger partial charge in [-0.25, -0.2) is 0 Å². The largest absolute Gasteiger partial charge is 0.398 e. The second-order valence-electron chi connectivity index (χ2n) is 5.39. The van der Waals surface area contributed by atoms with Gasteiger partial charge in [-0.3, -0.25) is 4.79 Å². The minimum absolute atomic E-state index is 0.0634. The fraction of sp³-hybridized carbons (Fsp3) is 0.235. The normalized spacial score (nSPS) is 13.9. The van der Waals surface area contributed by atoms with Crippen molar-refractivity contribution < 1.29 is 4.79 Å². The summed E-state index contributed by atoms with van der Waals surface area (Å²) >= 11 is 6.23. The van der Waals surface area contributed by atoms with Crippen molar-refractivity contribution in [3.05, 3.63) is 58.1 Å². The SMILES string of the molecule is Cc1ccc(C(=O)N2CCCc3c(N)cccc32)c(Cl)c1. The first-order valence-electron chi connectivity index (χ1n) is 7.03. The summed E-state index contributed by atoms with van der Waals surface area (Å²) in [5, 5.41) is 0.496. The van der Waals surface area contributed by atoms with Crippen LogP contribution in [0.5, 0.6) is 0 Å². The first-order chi connectivity index (χ1) is 10.1. The van der Waals surface area contributed by atoms with Gasteiger partial charge in [0.25, 0.3) is 5.91 Å². The van der Waals surface area contributed by atoms with Crippen LogP contribution >= 0.6 is 11.6 Å². The molecule has 0 saturated heterocycles. The number of nitrogens with zero attached hydrogens (tertiary/aromatic N) is 1. The third kappa shape index (κ3) is 2.49. The maximum atomic E-state index is 12.8. The van der Waals surface area contributed by atoms with E-state index >= 15 is 0 Å². The van der Waals surface area contributed by atoms with Crippen molar-refractivity contribution in [2.24, 2.45) is 0 Å². The number of halogens is 1. The fourth-order valence-corrected chi connectivity index (χ4v) is 3.12. The van der Waals surface area contributed by atoms with Gasteiger partial charge in [-0.1, -0.05) is 23.7 Å². The number of aryl methyl sites for hydroxylation is 1. The fourth-order valence-electron chi connectivity index (χ4n) is 2.80. The Hall–Kier alpha value is -2.00. The molecule has 21 heavy (non-hydrogen) atoms. The zero-order valence-corrected chi connectivity index (χ0v) is 12.7. The van der Waals surface area contributed by atoms with Gasteiger partial charge in [0.15, 0.2) is 0 Å². The van der Waals surface area contributed by atoms with Crippen molar-refractivity contribution >= 4 is 28.9 Å².